The zero-order valence-corrected chi connectivity index (χ0v) is 19.9. The van der Waals surface area contributed by atoms with Crippen LogP contribution in [0.1, 0.15) is 49.3 Å². The van der Waals surface area contributed by atoms with Crippen LogP contribution in [-0.4, -0.2) is 49.7 Å². The van der Waals surface area contributed by atoms with Gasteiger partial charge < -0.3 is 24.8 Å². The summed E-state index contributed by atoms with van der Waals surface area (Å²) in [6, 6.07) is 6.06. The summed E-state index contributed by atoms with van der Waals surface area (Å²) in [5.74, 6) is 2.25. The molecule has 2 aromatic rings. The highest BCUT2D eigenvalue weighted by molar-refractivity contribution is 5.80. The van der Waals surface area contributed by atoms with Crippen molar-refractivity contribution in [3.05, 3.63) is 40.7 Å². The number of guanidine groups is 1. The summed E-state index contributed by atoms with van der Waals surface area (Å²) < 4.78 is 18.6. The zero-order valence-electron chi connectivity index (χ0n) is 19.9. The lowest BCUT2D eigenvalue weighted by Crippen LogP contribution is -2.38. The normalized spacial score (nSPS) is 12.5. The summed E-state index contributed by atoms with van der Waals surface area (Å²) in [5, 5.41) is 11.5. The first-order chi connectivity index (χ1) is 14.9. The number of nitrogens with one attached hydrogen (secondary N) is 2. The molecule has 2 rings (SSSR count). The van der Waals surface area contributed by atoms with E-state index in [9.17, 15) is 0 Å². The molecular formula is C23H37N5O3. The maximum Gasteiger partial charge on any atom is 0.191 e. The van der Waals surface area contributed by atoms with E-state index in [4.69, 9.17) is 14.2 Å². The van der Waals surface area contributed by atoms with Gasteiger partial charge in [0, 0.05) is 32.0 Å². The summed E-state index contributed by atoms with van der Waals surface area (Å²) in [6.45, 7) is 13.4. The van der Waals surface area contributed by atoms with Crippen LogP contribution in [0.2, 0.25) is 0 Å². The lowest BCUT2D eigenvalue weighted by molar-refractivity contribution is 0.182. The van der Waals surface area contributed by atoms with E-state index in [1.807, 2.05) is 43.7 Å². The zero-order chi connectivity index (χ0) is 22.8. The summed E-state index contributed by atoms with van der Waals surface area (Å²) in [4.78, 5) is 4.38. The van der Waals surface area contributed by atoms with E-state index < -0.39 is 0 Å². The molecule has 31 heavy (non-hydrogen) atoms. The third-order valence-electron chi connectivity index (χ3n) is 5.12. The standard InChI is InChI=1S/C23H37N5O3/c1-8-30-21-11-10-19(14-22(21)31-9-2)16(3)26-23(24-6)25-15-20-17(4)27-28(18(20)5)12-13-29-7/h10-11,14,16H,8-9,12-13,15H2,1-7H3,(H2,24,25,26). The lowest BCUT2D eigenvalue weighted by atomic mass is 10.1. The van der Waals surface area contributed by atoms with Crippen molar-refractivity contribution in [2.45, 2.75) is 53.8 Å². The number of rotatable bonds is 11. The number of aryl methyl sites for hydroxylation is 1. The third-order valence-corrected chi connectivity index (χ3v) is 5.12. The van der Waals surface area contributed by atoms with Gasteiger partial charge in [0.15, 0.2) is 17.5 Å². The van der Waals surface area contributed by atoms with Crippen LogP contribution in [0.5, 0.6) is 11.5 Å². The van der Waals surface area contributed by atoms with Gasteiger partial charge in [0.05, 0.1) is 38.1 Å². The van der Waals surface area contributed by atoms with Crippen molar-refractivity contribution in [3.8, 4) is 11.5 Å². The Kier molecular flexibility index (Phi) is 9.65. The van der Waals surface area contributed by atoms with Crippen LogP contribution in [0.15, 0.2) is 23.2 Å². The molecule has 1 atom stereocenters. The van der Waals surface area contributed by atoms with Gasteiger partial charge >= 0.3 is 0 Å². The summed E-state index contributed by atoms with van der Waals surface area (Å²) in [5.41, 5.74) is 4.41. The number of hydrogen-bond donors (Lipinski definition) is 2. The number of benzene rings is 1. The highest BCUT2D eigenvalue weighted by Gasteiger charge is 2.15. The fraction of sp³-hybridized carbons (Fsp3) is 0.565. The SMILES string of the molecule is CCOc1ccc(C(C)NC(=NC)NCc2c(C)nn(CCOC)c2C)cc1OCC. The van der Waals surface area contributed by atoms with Crippen molar-refractivity contribution in [1.29, 1.82) is 0 Å². The van der Waals surface area contributed by atoms with Crippen LogP contribution in [0.4, 0.5) is 0 Å². The molecule has 0 spiro atoms. The van der Waals surface area contributed by atoms with E-state index >= 15 is 0 Å². The number of aliphatic imine (C=N–C) groups is 1. The number of aromatic nitrogens is 2. The maximum absolute atomic E-state index is 5.76. The fourth-order valence-electron chi connectivity index (χ4n) is 3.38. The van der Waals surface area contributed by atoms with Gasteiger partial charge in [0.25, 0.3) is 0 Å². The Hall–Kier alpha value is -2.74. The van der Waals surface area contributed by atoms with Crippen molar-refractivity contribution >= 4 is 5.96 Å². The van der Waals surface area contributed by atoms with Crippen LogP contribution in [-0.2, 0) is 17.8 Å². The Morgan fingerprint density at radius 1 is 1.16 bits per heavy atom. The topological polar surface area (TPSA) is 81.9 Å². The number of methoxy groups -OCH3 is 1. The first-order valence-electron chi connectivity index (χ1n) is 10.8. The molecule has 8 nitrogen and oxygen atoms in total. The molecule has 0 radical (unpaired) electrons. The molecule has 0 aliphatic heterocycles. The third kappa shape index (κ3) is 6.62. The number of nitrogens with zero attached hydrogens (tertiary/aromatic N) is 3. The molecule has 0 fully saturated rings. The minimum absolute atomic E-state index is 0.0349. The van der Waals surface area contributed by atoms with Crippen molar-refractivity contribution in [2.75, 3.05) is 34.0 Å². The van der Waals surface area contributed by atoms with E-state index in [2.05, 4.69) is 34.6 Å². The minimum atomic E-state index is 0.0349. The Labute approximate surface area is 186 Å². The maximum atomic E-state index is 5.76. The largest absolute Gasteiger partial charge is 0.490 e. The molecule has 1 unspecified atom stereocenters. The number of hydrogen-bond acceptors (Lipinski definition) is 5. The molecule has 0 aliphatic carbocycles. The molecule has 0 aliphatic rings. The summed E-state index contributed by atoms with van der Waals surface area (Å²) in [7, 11) is 3.47. The van der Waals surface area contributed by atoms with Crippen molar-refractivity contribution in [1.82, 2.24) is 20.4 Å². The molecule has 172 valence electrons. The van der Waals surface area contributed by atoms with E-state index in [0.29, 0.717) is 26.4 Å². The summed E-state index contributed by atoms with van der Waals surface area (Å²) >= 11 is 0. The Morgan fingerprint density at radius 2 is 1.87 bits per heavy atom. The van der Waals surface area contributed by atoms with Gasteiger partial charge in [-0.1, -0.05) is 6.07 Å². The van der Waals surface area contributed by atoms with E-state index in [0.717, 1.165) is 41.0 Å². The average molecular weight is 432 g/mol. The van der Waals surface area contributed by atoms with Gasteiger partial charge in [-0.15, -0.1) is 0 Å². The molecule has 1 heterocycles. The lowest BCUT2D eigenvalue weighted by Gasteiger charge is -2.20. The first-order valence-corrected chi connectivity index (χ1v) is 10.8. The molecule has 1 aromatic carbocycles. The summed E-state index contributed by atoms with van der Waals surface area (Å²) in [6.07, 6.45) is 0. The minimum Gasteiger partial charge on any atom is -0.490 e. The number of ether oxygens (including phenoxy) is 3. The van der Waals surface area contributed by atoms with Gasteiger partial charge in [-0.25, -0.2) is 0 Å². The second-order valence-electron chi connectivity index (χ2n) is 7.23. The van der Waals surface area contributed by atoms with Crippen LogP contribution < -0.4 is 20.1 Å². The molecule has 1 aromatic heterocycles. The Bertz CT molecular complexity index is 863. The van der Waals surface area contributed by atoms with E-state index in [1.54, 1.807) is 14.2 Å². The van der Waals surface area contributed by atoms with Crippen LogP contribution in [0.25, 0.3) is 0 Å². The van der Waals surface area contributed by atoms with Crippen LogP contribution in [0.3, 0.4) is 0 Å². The highest BCUT2D eigenvalue weighted by atomic mass is 16.5. The van der Waals surface area contributed by atoms with Gasteiger partial charge in [0.1, 0.15) is 0 Å². The Morgan fingerprint density at radius 3 is 2.52 bits per heavy atom. The highest BCUT2D eigenvalue weighted by Crippen LogP contribution is 2.30. The van der Waals surface area contributed by atoms with E-state index in [1.165, 1.54) is 5.56 Å². The smallest absolute Gasteiger partial charge is 0.191 e. The average Bonchev–Trinajstić information content (AvgIpc) is 3.03. The van der Waals surface area contributed by atoms with Gasteiger partial charge in [-0.3, -0.25) is 9.67 Å². The molecule has 0 saturated heterocycles. The second kappa shape index (κ2) is 12.2. The van der Waals surface area contributed by atoms with Gasteiger partial charge in [-0.05, 0) is 52.3 Å². The molecule has 0 bridgehead atoms. The predicted octanol–water partition coefficient (Wildman–Crippen LogP) is 3.37. The van der Waals surface area contributed by atoms with Crippen molar-refractivity contribution in [2.24, 2.45) is 4.99 Å². The molecular weight excluding hydrogens is 394 g/mol. The van der Waals surface area contributed by atoms with Gasteiger partial charge in [-0.2, -0.15) is 5.10 Å². The fourth-order valence-corrected chi connectivity index (χ4v) is 3.38. The second-order valence-corrected chi connectivity index (χ2v) is 7.23. The predicted molar refractivity (Wildman–Crippen MR) is 124 cm³/mol. The van der Waals surface area contributed by atoms with Gasteiger partial charge in [0.2, 0.25) is 0 Å². The van der Waals surface area contributed by atoms with Crippen LogP contribution in [0, 0.1) is 13.8 Å². The molecule has 8 heteroatoms. The molecule has 0 saturated carbocycles. The van der Waals surface area contributed by atoms with Crippen molar-refractivity contribution < 1.29 is 14.2 Å². The quantitative estimate of drug-likeness (QED) is 0.419. The molecule has 0 amide bonds. The Balaban J connectivity index is 2.05. The van der Waals surface area contributed by atoms with E-state index in [-0.39, 0.29) is 6.04 Å². The van der Waals surface area contributed by atoms with Crippen LogP contribution >= 0.6 is 0 Å². The van der Waals surface area contributed by atoms with Crippen molar-refractivity contribution in [3.63, 3.8) is 0 Å². The first kappa shape index (κ1) is 24.5. The molecule has 2 N–H and O–H groups in total. The monoisotopic (exact) mass is 431 g/mol.